The standard InChI is InChI=1S/C11H13NO4S/c1-17(14,15)12-9-4-8(7-13)5-11(6-9)16-10-2-3-10/h4-7,10,12H,2-3H2,1H3. The van der Waals surface area contributed by atoms with E-state index in [2.05, 4.69) is 4.72 Å². The van der Waals surface area contributed by atoms with Gasteiger partial charge in [0.05, 0.1) is 18.0 Å². The zero-order chi connectivity index (χ0) is 12.5. The van der Waals surface area contributed by atoms with Crippen LogP contribution in [0.25, 0.3) is 0 Å². The second-order valence-electron chi connectivity index (χ2n) is 4.10. The summed E-state index contributed by atoms with van der Waals surface area (Å²) in [6.07, 6.45) is 3.91. The molecule has 1 fully saturated rings. The van der Waals surface area contributed by atoms with Gasteiger partial charge < -0.3 is 4.74 Å². The van der Waals surface area contributed by atoms with Gasteiger partial charge in [0.2, 0.25) is 10.0 Å². The smallest absolute Gasteiger partial charge is 0.229 e. The van der Waals surface area contributed by atoms with Crippen LogP contribution >= 0.6 is 0 Å². The predicted octanol–water partition coefficient (Wildman–Crippen LogP) is 1.41. The van der Waals surface area contributed by atoms with Crippen molar-refractivity contribution in [1.29, 1.82) is 0 Å². The number of rotatable bonds is 5. The number of benzene rings is 1. The molecule has 1 N–H and O–H groups in total. The normalized spacial score (nSPS) is 15.4. The fraction of sp³-hybridized carbons (Fsp3) is 0.364. The van der Waals surface area contributed by atoms with Crippen molar-refractivity contribution in [2.45, 2.75) is 18.9 Å². The molecule has 17 heavy (non-hydrogen) atoms. The van der Waals surface area contributed by atoms with Gasteiger partial charge in [-0.3, -0.25) is 9.52 Å². The molecule has 0 atom stereocenters. The zero-order valence-corrected chi connectivity index (χ0v) is 10.2. The molecule has 0 aromatic heterocycles. The highest BCUT2D eigenvalue weighted by Crippen LogP contribution is 2.29. The molecule has 1 saturated carbocycles. The Morgan fingerprint density at radius 2 is 2.06 bits per heavy atom. The maximum Gasteiger partial charge on any atom is 0.229 e. The highest BCUT2D eigenvalue weighted by atomic mass is 32.2. The molecular weight excluding hydrogens is 242 g/mol. The minimum atomic E-state index is -3.35. The van der Waals surface area contributed by atoms with Crippen LogP contribution < -0.4 is 9.46 Å². The average molecular weight is 255 g/mol. The van der Waals surface area contributed by atoms with Crippen molar-refractivity contribution >= 4 is 22.0 Å². The van der Waals surface area contributed by atoms with E-state index in [1.54, 1.807) is 12.1 Å². The summed E-state index contributed by atoms with van der Waals surface area (Å²) in [5.41, 5.74) is 0.724. The third-order valence-electron chi connectivity index (χ3n) is 2.20. The molecule has 1 aromatic carbocycles. The van der Waals surface area contributed by atoms with Gasteiger partial charge in [-0.15, -0.1) is 0 Å². The summed E-state index contributed by atoms with van der Waals surface area (Å²) >= 11 is 0. The van der Waals surface area contributed by atoms with Crippen molar-refractivity contribution in [3.05, 3.63) is 23.8 Å². The number of aldehydes is 1. The van der Waals surface area contributed by atoms with E-state index in [1.807, 2.05) is 0 Å². The molecule has 0 radical (unpaired) electrons. The van der Waals surface area contributed by atoms with Crippen LogP contribution in [-0.2, 0) is 10.0 Å². The van der Waals surface area contributed by atoms with Crippen LogP contribution in [0.1, 0.15) is 23.2 Å². The lowest BCUT2D eigenvalue weighted by molar-refractivity contribution is 0.112. The van der Waals surface area contributed by atoms with Crippen molar-refractivity contribution in [1.82, 2.24) is 0 Å². The molecule has 6 heteroatoms. The Balaban J connectivity index is 2.27. The van der Waals surface area contributed by atoms with Gasteiger partial charge in [-0.05, 0) is 25.0 Å². The molecule has 1 aliphatic carbocycles. The van der Waals surface area contributed by atoms with Gasteiger partial charge in [0.15, 0.2) is 0 Å². The summed E-state index contributed by atoms with van der Waals surface area (Å²) in [7, 11) is -3.35. The number of sulfonamides is 1. The van der Waals surface area contributed by atoms with Crippen LogP contribution in [0, 0.1) is 0 Å². The van der Waals surface area contributed by atoms with Crippen LogP contribution in [0.15, 0.2) is 18.2 Å². The molecule has 1 aliphatic rings. The van der Waals surface area contributed by atoms with Crippen LogP contribution in [0.4, 0.5) is 5.69 Å². The van der Waals surface area contributed by atoms with Gasteiger partial charge in [-0.1, -0.05) is 0 Å². The van der Waals surface area contributed by atoms with Gasteiger partial charge in [-0.2, -0.15) is 0 Å². The molecular formula is C11H13NO4S. The van der Waals surface area contributed by atoms with E-state index in [9.17, 15) is 13.2 Å². The molecule has 0 saturated heterocycles. The van der Waals surface area contributed by atoms with Crippen molar-refractivity contribution in [2.24, 2.45) is 0 Å². The maximum atomic E-state index is 11.1. The summed E-state index contributed by atoms with van der Waals surface area (Å²) < 4.78 is 30.1. The maximum absolute atomic E-state index is 11.1. The van der Waals surface area contributed by atoms with Gasteiger partial charge in [0.1, 0.15) is 12.0 Å². The monoisotopic (exact) mass is 255 g/mol. The number of ether oxygens (including phenoxy) is 1. The first-order chi connectivity index (χ1) is 7.96. The molecule has 2 rings (SSSR count). The molecule has 0 unspecified atom stereocenters. The first-order valence-corrected chi connectivity index (χ1v) is 7.10. The van der Waals surface area contributed by atoms with Crippen LogP contribution in [-0.4, -0.2) is 27.1 Å². The third kappa shape index (κ3) is 3.74. The highest BCUT2D eigenvalue weighted by molar-refractivity contribution is 7.92. The van der Waals surface area contributed by atoms with E-state index in [1.165, 1.54) is 6.07 Å². The fourth-order valence-corrected chi connectivity index (χ4v) is 1.96. The summed E-state index contributed by atoms with van der Waals surface area (Å²) in [6, 6.07) is 4.64. The van der Waals surface area contributed by atoms with Crippen LogP contribution in [0.2, 0.25) is 0 Å². The van der Waals surface area contributed by atoms with E-state index < -0.39 is 10.0 Å². The van der Waals surface area contributed by atoms with Gasteiger partial charge in [-0.25, -0.2) is 8.42 Å². The Bertz CT molecular complexity index is 534. The highest BCUT2D eigenvalue weighted by Gasteiger charge is 2.23. The molecule has 0 amide bonds. The number of nitrogens with one attached hydrogen (secondary N) is 1. The Hall–Kier alpha value is -1.56. The Kier molecular flexibility index (Phi) is 3.06. The fourth-order valence-electron chi connectivity index (χ4n) is 1.41. The minimum absolute atomic E-state index is 0.197. The Morgan fingerprint density at radius 3 is 2.59 bits per heavy atom. The summed E-state index contributed by atoms with van der Waals surface area (Å²) in [5.74, 6) is 0.517. The van der Waals surface area contributed by atoms with Gasteiger partial charge in [0, 0.05) is 11.6 Å². The molecule has 0 spiro atoms. The first-order valence-electron chi connectivity index (χ1n) is 5.21. The zero-order valence-electron chi connectivity index (χ0n) is 9.34. The topological polar surface area (TPSA) is 72.5 Å². The molecule has 0 aliphatic heterocycles. The van der Waals surface area contributed by atoms with E-state index in [4.69, 9.17) is 4.74 Å². The van der Waals surface area contributed by atoms with Gasteiger partial charge >= 0.3 is 0 Å². The summed E-state index contributed by atoms with van der Waals surface area (Å²) in [5, 5.41) is 0. The summed E-state index contributed by atoms with van der Waals surface area (Å²) in [6.45, 7) is 0. The molecule has 0 heterocycles. The second kappa shape index (κ2) is 4.37. The first kappa shape index (κ1) is 11.9. The quantitative estimate of drug-likeness (QED) is 0.807. The Labute approximate surface area is 99.8 Å². The molecule has 0 bridgehead atoms. The predicted molar refractivity (Wildman–Crippen MR) is 63.9 cm³/mol. The van der Waals surface area contributed by atoms with E-state index in [-0.39, 0.29) is 6.10 Å². The SMILES string of the molecule is CS(=O)(=O)Nc1cc(C=O)cc(OC2CC2)c1. The van der Waals surface area contributed by atoms with Crippen molar-refractivity contribution in [3.63, 3.8) is 0 Å². The minimum Gasteiger partial charge on any atom is -0.490 e. The lowest BCUT2D eigenvalue weighted by atomic mass is 10.2. The van der Waals surface area contributed by atoms with E-state index in [0.717, 1.165) is 19.1 Å². The van der Waals surface area contributed by atoms with Crippen LogP contribution in [0.5, 0.6) is 5.75 Å². The number of carbonyl (C=O) groups excluding carboxylic acids is 1. The van der Waals surface area contributed by atoms with Gasteiger partial charge in [0.25, 0.3) is 0 Å². The molecule has 5 nitrogen and oxygen atoms in total. The summed E-state index contributed by atoms with van der Waals surface area (Å²) in [4.78, 5) is 10.7. The third-order valence-corrected chi connectivity index (χ3v) is 2.80. The average Bonchev–Trinajstić information content (AvgIpc) is 2.98. The largest absolute Gasteiger partial charge is 0.490 e. The van der Waals surface area contributed by atoms with Crippen molar-refractivity contribution < 1.29 is 17.9 Å². The molecule has 1 aromatic rings. The number of carbonyl (C=O) groups is 1. The van der Waals surface area contributed by atoms with Crippen LogP contribution in [0.3, 0.4) is 0 Å². The second-order valence-corrected chi connectivity index (χ2v) is 5.85. The van der Waals surface area contributed by atoms with Crippen molar-refractivity contribution in [2.75, 3.05) is 11.0 Å². The van der Waals surface area contributed by atoms with E-state index in [0.29, 0.717) is 23.3 Å². The lowest BCUT2D eigenvalue weighted by Crippen LogP contribution is -2.10. The lowest BCUT2D eigenvalue weighted by Gasteiger charge is -2.09. The molecule has 92 valence electrons. The number of hydrogen-bond donors (Lipinski definition) is 1. The van der Waals surface area contributed by atoms with Crippen molar-refractivity contribution in [3.8, 4) is 5.75 Å². The van der Waals surface area contributed by atoms with E-state index >= 15 is 0 Å². The Morgan fingerprint density at radius 1 is 1.35 bits per heavy atom. The number of anilines is 1. The number of hydrogen-bond acceptors (Lipinski definition) is 4.